The highest BCUT2D eigenvalue weighted by molar-refractivity contribution is 7.19. The Labute approximate surface area is 166 Å². The molecule has 1 atom stereocenters. The van der Waals surface area contributed by atoms with E-state index in [1.54, 1.807) is 23.7 Å². The molecule has 0 fully saturated rings. The van der Waals surface area contributed by atoms with Crippen molar-refractivity contribution in [2.75, 3.05) is 11.9 Å². The van der Waals surface area contributed by atoms with Gasteiger partial charge in [-0.05, 0) is 42.9 Å². The summed E-state index contributed by atoms with van der Waals surface area (Å²) in [5, 5.41) is 1.78. The third kappa shape index (κ3) is 2.86. The Kier molecular flexibility index (Phi) is 4.12. The molecule has 5 rings (SSSR count). The number of para-hydroxylation sites is 1. The van der Waals surface area contributed by atoms with Crippen LogP contribution in [0.15, 0.2) is 35.4 Å². The zero-order chi connectivity index (χ0) is 19.3. The van der Waals surface area contributed by atoms with Crippen LogP contribution in [0.2, 0.25) is 0 Å². The fourth-order valence-electron chi connectivity index (χ4n) is 4.06. The molecule has 0 amide bonds. The largest absolute Gasteiger partial charge is 0.352 e. The van der Waals surface area contributed by atoms with Crippen molar-refractivity contribution in [1.82, 2.24) is 19.9 Å². The number of aromatic amines is 1. The molecule has 0 bridgehead atoms. The van der Waals surface area contributed by atoms with E-state index in [0.717, 1.165) is 29.4 Å². The number of fused-ring (bicyclic) bond motifs is 4. The molecule has 1 N–H and O–H groups in total. The Balaban J connectivity index is 1.55. The number of nitrogens with zero attached hydrogens (tertiary/aromatic N) is 4. The SMILES string of the molecule is C[C@@H]1CCc2c(sc3ncnc(N(C)Cc4nc5ccccc5c(=O)[nH]4)c23)C1. The van der Waals surface area contributed by atoms with Gasteiger partial charge in [-0.2, -0.15) is 0 Å². The average molecular weight is 392 g/mol. The first-order valence-corrected chi connectivity index (χ1v) is 10.4. The lowest BCUT2D eigenvalue weighted by molar-refractivity contribution is 0.509. The normalized spacial score (nSPS) is 16.4. The Morgan fingerprint density at radius 2 is 2.14 bits per heavy atom. The molecule has 7 heteroatoms. The molecule has 1 aromatic carbocycles. The molecule has 1 aliphatic carbocycles. The molecule has 3 heterocycles. The van der Waals surface area contributed by atoms with Crippen LogP contribution in [0.5, 0.6) is 0 Å². The summed E-state index contributed by atoms with van der Waals surface area (Å²) in [5.74, 6) is 2.27. The maximum Gasteiger partial charge on any atom is 0.258 e. The van der Waals surface area contributed by atoms with Crippen LogP contribution in [0, 0.1) is 5.92 Å². The molecule has 28 heavy (non-hydrogen) atoms. The molecule has 142 valence electrons. The van der Waals surface area contributed by atoms with Gasteiger partial charge in [-0.25, -0.2) is 15.0 Å². The van der Waals surface area contributed by atoms with Gasteiger partial charge in [0.1, 0.15) is 22.8 Å². The van der Waals surface area contributed by atoms with Gasteiger partial charge < -0.3 is 9.88 Å². The van der Waals surface area contributed by atoms with Gasteiger partial charge in [0.2, 0.25) is 0 Å². The van der Waals surface area contributed by atoms with Gasteiger partial charge in [0, 0.05) is 11.9 Å². The highest BCUT2D eigenvalue weighted by atomic mass is 32.1. The van der Waals surface area contributed by atoms with Crippen LogP contribution in [-0.2, 0) is 19.4 Å². The van der Waals surface area contributed by atoms with E-state index in [2.05, 4.69) is 31.8 Å². The van der Waals surface area contributed by atoms with E-state index in [4.69, 9.17) is 0 Å². The lowest BCUT2D eigenvalue weighted by Gasteiger charge is -2.21. The van der Waals surface area contributed by atoms with Crippen molar-refractivity contribution in [3.8, 4) is 0 Å². The van der Waals surface area contributed by atoms with Crippen molar-refractivity contribution in [3.63, 3.8) is 0 Å². The van der Waals surface area contributed by atoms with Crippen LogP contribution < -0.4 is 10.5 Å². The lowest BCUT2D eigenvalue weighted by atomic mass is 9.89. The fourth-order valence-corrected chi connectivity index (χ4v) is 5.40. The molecule has 0 unspecified atom stereocenters. The second kappa shape index (κ2) is 6.67. The van der Waals surface area contributed by atoms with Crippen molar-refractivity contribution < 1.29 is 0 Å². The minimum Gasteiger partial charge on any atom is -0.352 e. The van der Waals surface area contributed by atoms with Crippen LogP contribution in [0.25, 0.3) is 21.1 Å². The molecule has 6 nitrogen and oxygen atoms in total. The summed E-state index contributed by atoms with van der Waals surface area (Å²) >= 11 is 1.79. The topological polar surface area (TPSA) is 74.8 Å². The molecule has 0 radical (unpaired) electrons. The predicted molar refractivity (Wildman–Crippen MR) is 113 cm³/mol. The maximum atomic E-state index is 12.4. The van der Waals surface area contributed by atoms with Crippen molar-refractivity contribution >= 4 is 38.3 Å². The minimum atomic E-state index is -0.108. The third-order valence-electron chi connectivity index (χ3n) is 5.48. The number of anilines is 1. The Bertz CT molecular complexity index is 1240. The Hall–Kier alpha value is -2.80. The first kappa shape index (κ1) is 17.3. The van der Waals surface area contributed by atoms with E-state index in [0.29, 0.717) is 23.3 Å². The van der Waals surface area contributed by atoms with Gasteiger partial charge in [0.15, 0.2) is 0 Å². The van der Waals surface area contributed by atoms with E-state index >= 15 is 0 Å². The maximum absolute atomic E-state index is 12.4. The highest BCUT2D eigenvalue weighted by Crippen LogP contribution is 2.40. The summed E-state index contributed by atoms with van der Waals surface area (Å²) < 4.78 is 0. The number of aromatic nitrogens is 4. The van der Waals surface area contributed by atoms with Gasteiger partial charge in [-0.1, -0.05) is 19.1 Å². The number of H-pyrrole nitrogens is 1. The standard InChI is InChI=1S/C21H21N5OS/c1-12-7-8-14-16(9-12)28-21-18(14)19(22-11-23-21)26(2)10-17-24-15-6-4-3-5-13(15)20(27)25-17/h3-6,11-12H,7-10H2,1-2H3,(H,24,25,27)/t12-/m1/s1. The van der Waals surface area contributed by atoms with Crippen molar-refractivity contribution in [1.29, 1.82) is 0 Å². The molecule has 0 spiro atoms. The van der Waals surface area contributed by atoms with Gasteiger partial charge >= 0.3 is 0 Å². The molecule has 0 saturated carbocycles. The lowest BCUT2D eigenvalue weighted by Crippen LogP contribution is -2.23. The summed E-state index contributed by atoms with van der Waals surface area (Å²) in [6.45, 7) is 2.79. The van der Waals surface area contributed by atoms with Crippen LogP contribution >= 0.6 is 11.3 Å². The molecule has 3 aromatic heterocycles. The number of hydrogen-bond acceptors (Lipinski definition) is 6. The summed E-state index contributed by atoms with van der Waals surface area (Å²) in [6, 6.07) is 7.41. The van der Waals surface area contributed by atoms with E-state index in [1.807, 2.05) is 25.2 Å². The predicted octanol–water partition coefficient (Wildman–Crippen LogP) is 3.69. The van der Waals surface area contributed by atoms with Gasteiger partial charge in [0.05, 0.1) is 22.8 Å². The second-order valence-corrected chi connectivity index (χ2v) is 8.70. The van der Waals surface area contributed by atoms with Gasteiger partial charge in [0.25, 0.3) is 5.56 Å². The van der Waals surface area contributed by atoms with Crippen LogP contribution in [0.4, 0.5) is 5.82 Å². The second-order valence-electron chi connectivity index (χ2n) is 7.62. The van der Waals surface area contributed by atoms with E-state index in [-0.39, 0.29) is 5.56 Å². The molecule has 1 aliphatic rings. The molecular formula is C21H21N5OS. The van der Waals surface area contributed by atoms with E-state index in [1.165, 1.54) is 22.2 Å². The number of nitrogens with one attached hydrogen (secondary N) is 1. The summed E-state index contributed by atoms with van der Waals surface area (Å²) in [5.41, 5.74) is 2.01. The van der Waals surface area contributed by atoms with E-state index < -0.39 is 0 Å². The number of benzene rings is 1. The van der Waals surface area contributed by atoms with Crippen LogP contribution in [-0.4, -0.2) is 27.0 Å². The number of thiophene rings is 1. The zero-order valence-corrected chi connectivity index (χ0v) is 16.7. The molecule has 0 saturated heterocycles. The summed E-state index contributed by atoms with van der Waals surface area (Å²) in [4.78, 5) is 33.6. The van der Waals surface area contributed by atoms with Crippen molar-refractivity contribution in [2.24, 2.45) is 5.92 Å². The third-order valence-corrected chi connectivity index (χ3v) is 6.64. The molecule has 4 aromatic rings. The molecule has 0 aliphatic heterocycles. The first-order valence-electron chi connectivity index (χ1n) is 9.54. The molecular weight excluding hydrogens is 370 g/mol. The monoisotopic (exact) mass is 391 g/mol. The van der Waals surface area contributed by atoms with Gasteiger partial charge in [-0.15, -0.1) is 11.3 Å². The quantitative estimate of drug-likeness (QED) is 0.576. The smallest absolute Gasteiger partial charge is 0.258 e. The number of aryl methyl sites for hydroxylation is 1. The first-order chi connectivity index (χ1) is 13.6. The van der Waals surface area contributed by atoms with E-state index in [9.17, 15) is 4.79 Å². The highest BCUT2D eigenvalue weighted by Gasteiger charge is 2.24. The Morgan fingerprint density at radius 3 is 3.04 bits per heavy atom. The van der Waals surface area contributed by atoms with Crippen LogP contribution in [0.3, 0.4) is 0 Å². The van der Waals surface area contributed by atoms with Crippen molar-refractivity contribution in [3.05, 3.63) is 57.2 Å². The average Bonchev–Trinajstić information content (AvgIpc) is 3.05. The Morgan fingerprint density at radius 1 is 1.29 bits per heavy atom. The number of rotatable bonds is 3. The fraction of sp³-hybridized carbons (Fsp3) is 0.333. The summed E-state index contributed by atoms with van der Waals surface area (Å²) in [7, 11) is 1.99. The van der Waals surface area contributed by atoms with Crippen molar-refractivity contribution in [2.45, 2.75) is 32.7 Å². The minimum absolute atomic E-state index is 0.108. The number of hydrogen-bond donors (Lipinski definition) is 1. The summed E-state index contributed by atoms with van der Waals surface area (Å²) in [6.07, 6.45) is 5.04. The van der Waals surface area contributed by atoms with Gasteiger partial charge in [-0.3, -0.25) is 4.79 Å². The van der Waals surface area contributed by atoms with Crippen LogP contribution in [0.1, 0.15) is 29.6 Å². The zero-order valence-electron chi connectivity index (χ0n) is 15.9.